The van der Waals surface area contributed by atoms with Gasteiger partial charge < -0.3 is 0 Å². The first-order chi connectivity index (χ1) is 16.4. The molecule has 0 unspecified atom stereocenters. The Bertz CT molecular complexity index is 966. The van der Waals surface area contributed by atoms with Crippen molar-refractivity contribution in [2.24, 2.45) is 5.92 Å². The van der Waals surface area contributed by atoms with Gasteiger partial charge in [-0.1, -0.05) is 105 Å². The summed E-state index contributed by atoms with van der Waals surface area (Å²) in [5.74, 6) is 2.27. The molecule has 0 bridgehead atoms. The van der Waals surface area contributed by atoms with Crippen molar-refractivity contribution in [2.75, 3.05) is 12.4 Å². The van der Waals surface area contributed by atoms with Crippen LogP contribution in [0.2, 0.25) is 0 Å². The largest absolute Gasteiger partial charge is 0.270 e. The van der Waals surface area contributed by atoms with Gasteiger partial charge in [0.15, 0.2) is 0 Å². The summed E-state index contributed by atoms with van der Waals surface area (Å²) in [6.07, 6.45) is 0. The molecule has 3 aromatic rings. The molecule has 7 heteroatoms. The van der Waals surface area contributed by atoms with Gasteiger partial charge >= 0.3 is 0 Å². The molecule has 0 radical (unpaired) electrons. The molecule has 0 saturated heterocycles. The van der Waals surface area contributed by atoms with Crippen LogP contribution in [0.1, 0.15) is 30.5 Å². The summed E-state index contributed by atoms with van der Waals surface area (Å²) < 4.78 is 31.1. The third-order valence-corrected chi connectivity index (χ3v) is 12.0. The number of rotatable bonds is 14. The molecule has 34 heavy (non-hydrogen) atoms. The maximum Gasteiger partial charge on any atom is 0.270 e. The smallest absolute Gasteiger partial charge is 0.270 e. The summed E-state index contributed by atoms with van der Waals surface area (Å²) >= 11 is 5.07. The van der Waals surface area contributed by atoms with Crippen LogP contribution in [-0.2, 0) is 31.6 Å². The average Bonchev–Trinajstić information content (AvgIpc) is 2.85. The van der Waals surface area contributed by atoms with E-state index in [1.807, 2.05) is 68.4 Å². The first-order valence-corrected chi connectivity index (χ1v) is 15.8. The third-order valence-electron chi connectivity index (χ3n) is 4.84. The zero-order valence-corrected chi connectivity index (χ0v) is 22.9. The van der Waals surface area contributed by atoms with Gasteiger partial charge in [-0.25, -0.2) is 0 Å². The minimum atomic E-state index is -3.71. The normalized spacial score (nSPS) is 12.2. The molecule has 182 valence electrons. The van der Waals surface area contributed by atoms with Crippen LogP contribution in [0.25, 0.3) is 0 Å². The summed E-state index contributed by atoms with van der Waals surface area (Å²) in [7, 11) is -3.71. The van der Waals surface area contributed by atoms with E-state index < -0.39 is 13.5 Å². The molecule has 0 saturated carbocycles. The Hall–Kier alpha value is -1.38. The lowest BCUT2D eigenvalue weighted by molar-refractivity contribution is 0.275. The Morgan fingerprint density at radius 2 is 1.03 bits per heavy atom. The number of benzene rings is 3. The minimum Gasteiger partial charge on any atom is -0.270 e. The van der Waals surface area contributed by atoms with E-state index in [-0.39, 0.29) is 18.3 Å². The lowest BCUT2D eigenvalue weighted by Gasteiger charge is -2.32. The molecule has 3 nitrogen and oxygen atoms in total. The molecule has 0 atom stereocenters. The first kappa shape index (κ1) is 27.2. The van der Waals surface area contributed by atoms with Gasteiger partial charge in [0.2, 0.25) is 0 Å². The van der Waals surface area contributed by atoms with Crippen LogP contribution in [0.3, 0.4) is 0 Å². The quantitative estimate of drug-likeness (QED) is 0.159. The summed E-state index contributed by atoms with van der Waals surface area (Å²) in [5.41, 5.74) is 3.54. The standard InChI is InChI=1S/C27H32O3S4/c1-23(2)18-30-34(28,29)22-27(31-19-24-12-6-3-7-13-24,32-20-25-14-8-4-9-15-25)33-21-26-16-10-5-11-17-26/h3-17,23H,18-22H2,1-2H3. The fraction of sp³-hybridized carbons (Fsp3) is 0.333. The first-order valence-electron chi connectivity index (χ1n) is 11.3. The highest BCUT2D eigenvalue weighted by Gasteiger charge is 2.38. The monoisotopic (exact) mass is 532 g/mol. The predicted molar refractivity (Wildman–Crippen MR) is 151 cm³/mol. The van der Waals surface area contributed by atoms with Crippen LogP contribution < -0.4 is 0 Å². The van der Waals surface area contributed by atoms with E-state index >= 15 is 0 Å². The van der Waals surface area contributed by atoms with Crippen molar-refractivity contribution in [3.8, 4) is 0 Å². The molecular formula is C27H32O3S4. The number of hydrogen-bond acceptors (Lipinski definition) is 6. The lowest BCUT2D eigenvalue weighted by Crippen LogP contribution is -2.30. The van der Waals surface area contributed by atoms with Crippen LogP contribution in [0.5, 0.6) is 0 Å². The molecule has 0 aliphatic carbocycles. The highest BCUT2D eigenvalue weighted by molar-refractivity contribution is 8.33. The van der Waals surface area contributed by atoms with E-state index in [0.717, 1.165) is 17.3 Å². The average molecular weight is 533 g/mol. The van der Waals surface area contributed by atoms with Crippen LogP contribution in [0.15, 0.2) is 91.0 Å². The van der Waals surface area contributed by atoms with E-state index in [2.05, 4.69) is 36.4 Å². The molecular weight excluding hydrogens is 501 g/mol. The maximum atomic E-state index is 13.1. The molecule has 0 aliphatic heterocycles. The SMILES string of the molecule is CC(C)COS(=O)(=O)CC(SCc1ccccc1)(SCc1ccccc1)SCc1ccccc1. The molecule has 0 amide bonds. The highest BCUT2D eigenvalue weighted by atomic mass is 32.3. The molecule has 0 spiro atoms. The van der Waals surface area contributed by atoms with E-state index in [1.54, 1.807) is 35.3 Å². The van der Waals surface area contributed by atoms with Crippen molar-refractivity contribution >= 4 is 45.4 Å². The summed E-state index contributed by atoms with van der Waals surface area (Å²) in [6, 6.07) is 30.7. The van der Waals surface area contributed by atoms with Crippen LogP contribution in [-0.4, -0.2) is 24.2 Å². The van der Waals surface area contributed by atoms with Crippen molar-refractivity contribution in [2.45, 2.75) is 34.5 Å². The van der Waals surface area contributed by atoms with Gasteiger partial charge in [0, 0.05) is 17.3 Å². The van der Waals surface area contributed by atoms with Gasteiger partial charge in [-0.3, -0.25) is 4.18 Å². The maximum absolute atomic E-state index is 13.1. The molecule has 0 fully saturated rings. The zero-order valence-electron chi connectivity index (χ0n) is 19.6. The lowest BCUT2D eigenvalue weighted by atomic mass is 10.2. The summed E-state index contributed by atoms with van der Waals surface area (Å²) in [4.78, 5) is 0. The van der Waals surface area contributed by atoms with Crippen molar-refractivity contribution in [3.05, 3.63) is 108 Å². The van der Waals surface area contributed by atoms with Gasteiger partial charge in [-0.2, -0.15) is 8.42 Å². The molecule has 3 aromatic carbocycles. The Morgan fingerprint density at radius 3 is 1.35 bits per heavy atom. The fourth-order valence-electron chi connectivity index (χ4n) is 3.05. The Kier molecular flexibility index (Phi) is 10.9. The highest BCUT2D eigenvalue weighted by Crippen LogP contribution is 2.51. The number of hydrogen-bond donors (Lipinski definition) is 0. The minimum absolute atomic E-state index is 0.0563. The summed E-state index contributed by atoms with van der Waals surface area (Å²) in [6.45, 7) is 4.12. The van der Waals surface area contributed by atoms with Gasteiger partial charge in [-0.05, 0) is 22.6 Å². The second kappa shape index (κ2) is 13.6. The van der Waals surface area contributed by atoms with Crippen LogP contribution >= 0.6 is 35.3 Å². The van der Waals surface area contributed by atoms with E-state index in [4.69, 9.17) is 4.18 Å². The van der Waals surface area contributed by atoms with Crippen LogP contribution in [0.4, 0.5) is 0 Å². The van der Waals surface area contributed by atoms with Gasteiger partial charge in [0.1, 0.15) is 9.16 Å². The molecule has 0 N–H and O–H groups in total. The predicted octanol–water partition coefficient (Wildman–Crippen LogP) is 7.44. The van der Waals surface area contributed by atoms with E-state index in [0.29, 0.717) is 0 Å². The second-order valence-electron chi connectivity index (χ2n) is 8.39. The van der Waals surface area contributed by atoms with Gasteiger partial charge in [0.05, 0.1) is 6.61 Å². The zero-order chi connectivity index (χ0) is 24.3. The second-order valence-corrected chi connectivity index (χ2v) is 14.6. The number of thioether (sulfide) groups is 3. The third kappa shape index (κ3) is 9.70. The Labute approximate surface area is 217 Å². The molecule has 3 rings (SSSR count). The fourth-order valence-corrected chi connectivity index (χ4v) is 10.1. The Morgan fingerprint density at radius 1 is 0.676 bits per heavy atom. The van der Waals surface area contributed by atoms with Crippen molar-refractivity contribution in [1.82, 2.24) is 0 Å². The van der Waals surface area contributed by atoms with Crippen molar-refractivity contribution in [1.29, 1.82) is 0 Å². The molecule has 0 heterocycles. The topological polar surface area (TPSA) is 43.4 Å². The Balaban J connectivity index is 1.87. The molecule has 0 aromatic heterocycles. The van der Waals surface area contributed by atoms with Crippen molar-refractivity contribution in [3.63, 3.8) is 0 Å². The summed E-state index contributed by atoms with van der Waals surface area (Å²) in [5, 5.41) is 0. The van der Waals surface area contributed by atoms with Gasteiger partial charge in [-0.15, -0.1) is 35.3 Å². The van der Waals surface area contributed by atoms with Crippen LogP contribution in [0, 0.1) is 5.92 Å². The van der Waals surface area contributed by atoms with E-state index in [9.17, 15) is 8.42 Å². The van der Waals surface area contributed by atoms with Crippen molar-refractivity contribution < 1.29 is 12.6 Å². The molecule has 0 aliphatic rings. The van der Waals surface area contributed by atoms with E-state index in [1.165, 1.54) is 16.7 Å². The van der Waals surface area contributed by atoms with Gasteiger partial charge in [0.25, 0.3) is 10.1 Å².